The molecule has 0 aromatic heterocycles. The summed E-state index contributed by atoms with van der Waals surface area (Å²) in [6, 6.07) is 14.0. The summed E-state index contributed by atoms with van der Waals surface area (Å²) >= 11 is 0. The van der Waals surface area contributed by atoms with Crippen molar-refractivity contribution in [2.45, 2.75) is 27.7 Å². The van der Waals surface area contributed by atoms with E-state index in [4.69, 9.17) is 9.47 Å². The molecular weight excluding hydrogens is 484 g/mol. The Morgan fingerprint density at radius 3 is 1.55 bits per heavy atom. The Morgan fingerprint density at radius 2 is 1.13 bits per heavy atom. The molecule has 5 aliphatic rings. The van der Waals surface area contributed by atoms with E-state index in [1.54, 1.807) is 48.5 Å². The number of ether oxygens (including phenoxy) is 2. The number of benzene rings is 2. The SMILES string of the molecule is CCOc1ccccc1N1C(=O)[C@@H]2C3C=C(C)C(C)([C@H]2C1=O)[C@H]1C(=O)N(c2ccccc2OCC)C(=O)[C@H]31. The van der Waals surface area contributed by atoms with Crippen LogP contribution in [-0.4, -0.2) is 36.8 Å². The van der Waals surface area contributed by atoms with Crippen molar-refractivity contribution in [3.05, 3.63) is 60.2 Å². The van der Waals surface area contributed by atoms with E-state index in [0.29, 0.717) is 36.1 Å². The summed E-state index contributed by atoms with van der Waals surface area (Å²) in [7, 11) is 0. The Bertz CT molecular complexity index is 1320. The lowest BCUT2D eigenvalue weighted by atomic mass is 9.45. The van der Waals surface area contributed by atoms with E-state index in [1.165, 1.54) is 9.80 Å². The van der Waals surface area contributed by atoms with Gasteiger partial charge in [0.2, 0.25) is 23.6 Å². The first-order valence-corrected chi connectivity index (χ1v) is 13.2. The Balaban J connectivity index is 1.46. The second-order valence-corrected chi connectivity index (χ2v) is 10.5. The third-order valence-corrected chi connectivity index (χ3v) is 8.93. The lowest BCUT2D eigenvalue weighted by molar-refractivity contribution is -0.146. The zero-order valence-electron chi connectivity index (χ0n) is 21.8. The molecule has 1 saturated carbocycles. The number of rotatable bonds is 6. The van der Waals surface area contributed by atoms with Gasteiger partial charge in [0.1, 0.15) is 11.5 Å². The number of amides is 4. The number of nitrogens with zero attached hydrogens (tertiary/aromatic N) is 2. The molecule has 38 heavy (non-hydrogen) atoms. The highest BCUT2D eigenvalue weighted by Crippen LogP contribution is 2.67. The first-order valence-electron chi connectivity index (χ1n) is 13.2. The fourth-order valence-electron chi connectivity index (χ4n) is 7.32. The van der Waals surface area contributed by atoms with Crippen LogP contribution in [0.1, 0.15) is 27.7 Å². The van der Waals surface area contributed by atoms with E-state index in [-0.39, 0.29) is 23.6 Å². The zero-order valence-corrected chi connectivity index (χ0v) is 21.8. The minimum atomic E-state index is -0.992. The van der Waals surface area contributed by atoms with Crippen LogP contribution in [0.15, 0.2) is 60.2 Å². The number of hydrogen-bond donors (Lipinski definition) is 0. The average molecular weight is 515 g/mol. The van der Waals surface area contributed by atoms with Crippen LogP contribution in [-0.2, 0) is 19.2 Å². The predicted molar refractivity (Wildman–Crippen MR) is 140 cm³/mol. The Kier molecular flexibility index (Phi) is 5.49. The summed E-state index contributed by atoms with van der Waals surface area (Å²) in [5, 5.41) is 0. The Hall–Kier alpha value is -3.94. The molecule has 8 heteroatoms. The van der Waals surface area contributed by atoms with Crippen LogP contribution in [0.3, 0.4) is 0 Å². The molecule has 4 amide bonds. The van der Waals surface area contributed by atoms with Crippen molar-refractivity contribution in [3.8, 4) is 11.5 Å². The molecule has 7 rings (SSSR count). The van der Waals surface area contributed by atoms with Crippen LogP contribution in [0.5, 0.6) is 11.5 Å². The summed E-state index contributed by atoms with van der Waals surface area (Å²) in [6.45, 7) is 8.22. The van der Waals surface area contributed by atoms with E-state index in [1.807, 2.05) is 33.8 Å². The van der Waals surface area contributed by atoms with Gasteiger partial charge in [-0.05, 0) is 45.0 Å². The lowest BCUT2D eigenvalue weighted by Gasteiger charge is -2.54. The largest absolute Gasteiger partial charge is 0.492 e. The molecule has 2 heterocycles. The summed E-state index contributed by atoms with van der Waals surface area (Å²) in [4.78, 5) is 58.7. The van der Waals surface area contributed by atoms with Gasteiger partial charge in [0.15, 0.2) is 0 Å². The van der Waals surface area contributed by atoms with Gasteiger partial charge in [-0.1, -0.05) is 42.8 Å². The van der Waals surface area contributed by atoms with E-state index in [2.05, 4.69) is 0 Å². The van der Waals surface area contributed by atoms with Crippen molar-refractivity contribution in [1.82, 2.24) is 0 Å². The molecule has 196 valence electrons. The molecule has 2 bridgehead atoms. The maximum absolute atomic E-state index is 14.1. The van der Waals surface area contributed by atoms with Crippen LogP contribution in [0, 0.1) is 35.0 Å². The second kappa shape index (κ2) is 8.55. The number of carbonyl (C=O) groups is 4. The van der Waals surface area contributed by atoms with E-state index >= 15 is 0 Å². The molecule has 2 aromatic rings. The fraction of sp³-hybridized carbons (Fsp3) is 0.400. The van der Waals surface area contributed by atoms with Gasteiger partial charge in [-0.3, -0.25) is 19.2 Å². The maximum Gasteiger partial charge on any atom is 0.238 e. The van der Waals surface area contributed by atoms with Crippen molar-refractivity contribution in [3.63, 3.8) is 0 Å². The van der Waals surface area contributed by atoms with Gasteiger partial charge in [-0.25, -0.2) is 9.80 Å². The van der Waals surface area contributed by atoms with Crippen LogP contribution in [0.4, 0.5) is 11.4 Å². The normalized spacial score (nSPS) is 31.5. The monoisotopic (exact) mass is 514 g/mol. The van der Waals surface area contributed by atoms with Crippen LogP contribution in [0.2, 0.25) is 0 Å². The number of imide groups is 2. The van der Waals surface area contributed by atoms with E-state index < -0.39 is 35.0 Å². The highest BCUT2D eigenvalue weighted by atomic mass is 16.5. The highest BCUT2D eigenvalue weighted by molar-refractivity contribution is 6.27. The average Bonchev–Trinajstić information content (AvgIpc) is 3.33. The third kappa shape index (κ3) is 2.97. The molecule has 2 saturated heterocycles. The molecule has 0 radical (unpaired) electrons. The van der Waals surface area contributed by atoms with Crippen LogP contribution in [0.25, 0.3) is 0 Å². The van der Waals surface area contributed by atoms with Gasteiger partial charge in [-0.2, -0.15) is 0 Å². The van der Waals surface area contributed by atoms with Gasteiger partial charge in [0.25, 0.3) is 0 Å². The molecule has 4 atom stereocenters. The second-order valence-electron chi connectivity index (χ2n) is 10.5. The molecule has 3 aliphatic carbocycles. The van der Waals surface area contributed by atoms with Crippen LogP contribution >= 0.6 is 0 Å². The smallest absolute Gasteiger partial charge is 0.238 e. The zero-order chi connectivity index (χ0) is 26.9. The summed E-state index contributed by atoms with van der Waals surface area (Å²) < 4.78 is 11.5. The van der Waals surface area contributed by atoms with Gasteiger partial charge in [0, 0.05) is 11.3 Å². The predicted octanol–water partition coefficient (Wildman–Crippen LogP) is 3.99. The molecule has 0 spiro atoms. The minimum absolute atomic E-state index is 0.348. The van der Waals surface area contributed by atoms with Crippen molar-refractivity contribution >= 4 is 35.0 Å². The van der Waals surface area contributed by atoms with Crippen molar-refractivity contribution < 1.29 is 28.7 Å². The topological polar surface area (TPSA) is 93.2 Å². The van der Waals surface area contributed by atoms with Crippen molar-refractivity contribution in [1.29, 1.82) is 0 Å². The number of anilines is 2. The van der Waals surface area contributed by atoms with Gasteiger partial charge in [-0.15, -0.1) is 0 Å². The minimum Gasteiger partial charge on any atom is -0.492 e. The molecule has 0 N–H and O–H groups in total. The standard InChI is InChI=1S/C30H30N2O6/c1-5-37-20-13-9-7-11-18(20)31-26(33)22-17-15-16(3)30(4,24(22)28(31)35)25-23(17)27(34)32(29(25)36)19-12-8-10-14-21(19)38-6-2/h7-15,17,22-25H,5-6H2,1-4H3/t17?,22-,23-,24-,25-,30?/m1/s1. The molecule has 0 unspecified atom stereocenters. The highest BCUT2D eigenvalue weighted by Gasteiger charge is 2.74. The Morgan fingerprint density at radius 1 is 0.711 bits per heavy atom. The van der Waals surface area contributed by atoms with Gasteiger partial charge >= 0.3 is 0 Å². The van der Waals surface area contributed by atoms with E-state index in [0.717, 1.165) is 5.57 Å². The fourth-order valence-corrected chi connectivity index (χ4v) is 7.32. The summed E-state index contributed by atoms with van der Waals surface area (Å²) in [6.07, 6.45) is 1.95. The number of allylic oxidation sites excluding steroid dienone is 2. The Labute approximate surface area is 221 Å². The van der Waals surface area contributed by atoms with Gasteiger partial charge in [0.05, 0.1) is 48.3 Å². The molecule has 8 nitrogen and oxygen atoms in total. The van der Waals surface area contributed by atoms with E-state index in [9.17, 15) is 19.2 Å². The molecule has 3 fully saturated rings. The van der Waals surface area contributed by atoms with Crippen molar-refractivity contribution in [2.75, 3.05) is 23.0 Å². The first-order chi connectivity index (χ1) is 18.3. The number of hydrogen-bond acceptors (Lipinski definition) is 6. The maximum atomic E-state index is 14.1. The van der Waals surface area contributed by atoms with Crippen LogP contribution < -0.4 is 19.3 Å². The quantitative estimate of drug-likeness (QED) is 0.428. The number of carbonyl (C=O) groups excluding carboxylic acids is 4. The summed E-state index contributed by atoms with van der Waals surface area (Å²) in [5.74, 6) is -4.02. The summed E-state index contributed by atoms with van der Waals surface area (Å²) in [5.41, 5.74) is 0.671. The molecular formula is C30H30N2O6. The van der Waals surface area contributed by atoms with Crippen molar-refractivity contribution in [2.24, 2.45) is 35.0 Å². The molecule has 2 aliphatic heterocycles. The first kappa shape index (κ1) is 24.4. The third-order valence-electron chi connectivity index (χ3n) is 8.93. The molecule has 2 aromatic carbocycles. The number of para-hydroxylation sites is 4. The van der Waals surface area contributed by atoms with Gasteiger partial charge < -0.3 is 9.47 Å². The lowest BCUT2D eigenvalue weighted by Crippen LogP contribution is -2.58.